The number of carbonyl (C=O) groups excluding carboxylic acids is 1. The number of rotatable bonds is 7. The van der Waals surface area contributed by atoms with Gasteiger partial charge in [0.05, 0.1) is 5.75 Å². The average Bonchev–Trinajstić information content (AvgIpc) is 3.02. The summed E-state index contributed by atoms with van der Waals surface area (Å²) in [6, 6.07) is 10.1. The van der Waals surface area contributed by atoms with Crippen LogP contribution in [0.2, 0.25) is 0 Å². The highest BCUT2D eigenvalue weighted by atomic mass is 32.3. The molecule has 11 heteroatoms. The van der Waals surface area contributed by atoms with Gasteiger partial charge in [-0.3, -0.25) is 13.9 Å². The molecule has 2 aliphatic heterocycles. The number of amides is 1. The highest BCUT2D eigenvalue weighted by molar-refractivity contribution is 8.22. The second kappa shape index (κ2) is 11.6. The van der Waals surface area contributed by atoms with Crippen molar-refractivity contribution in [3.8, 4) is 0 Å². The number of nitrogens with zero attached hydrogens (tertiary/aromatic N) is 1. The van der Waals surface area contributed by atoms with Gasteiger partial charge < -0.3 is 10.6 Å². The summed E-state index contributed by atoms with van der Waals surface area (Å²) in [6.07, 6.45) is 1.65. The summed E-state index contributed by atoms with van der Waals surface area (Å²) >= 11 is 0. The molecule has 2 saturated heterocycles. The lowest BCUT2D eigenvalue weighted by Crippen LogP contribution is -2.55. The molecule has 3 unspecified atom stereocenters. The van der Waals surface area contributed by atoms with Crippen molar-refractivity contribution in [2.75, 3.05) is 24.2 Å². The van der Waals surface area contributed by atoms with Gasteiger partial charge in [0.15, 0.2) is 0 Å². The fraction of sp³-hybridized carbons (Fsp3) is 0.552. The predicted molar refractivity (Wildman–Crippen MR) is 149 cm³/mol. The van der Waals surface area contributed by atoms with E-state index >= 15 is 4.39 Å². The molecule has 6 nitrogen and oxygen atoms in total. The molecule has 220 valence electrons. The minimum atomic E-state index is -2.89. The molecule has 3 fully saturated rings. The number of anilines is 1. The Morgan fingerprint density at radius 2 is 1.80 bits per heavy atom. The fourth-order valence-electron chi connectivity index (χ4n) is 6.48. The first kappa shape index (κ1) is 29.3. The van der Waals surface area contributed by atoms with Crippen molar-refractivity contribution < 1.29 is 31.5 Å². The molecule has 2 aromatic rings. The number of nitrogens with one attached hydrogen (secondary N) is 2. The van der Waals surface area contributed by atoms with Gasteiger partial charge in [-0.15, -0.1) is 10.8 Å². The standard InChI is InChI=1S/C29H37F4N3O3S/c30-21-8-6-20(7-9-21)28(12-14-29(32,33)15-13-28)17-27(37)35-26-5-1-4-25(31)24(26)11-10-23-18-34-22-3-2-16-40(38,39)36(23)19-22/h1,4-9,22-23,34,38-39H,2-3,10-19H2,(H,35,37). The van der Waals surface area contributed by atoms with Crippen LogP contribution in [0.1, 0.15) is 62.5 Å². The van der Waals surface area contributed by atoms with Crippen LogP contribution in [0.15, 0.2) is 42.5 Å². The van der Waals surface area contributed by atoms with Crippen LogP contribution >= 0.6 is 10.8 Å². The second-order valence-corrected chi connectivity index (χ2v) is 13.7. The number of alkyl halides is 2. The molecule has 5 rings (SSSR count). The Kier molecular flexibility index (Phi) is 8.50. The molecule has 0 spiro atoms. The molecule has 4 N–H and O–H groups in total. The van der Waals surface area contributed by atoms with E-state index in [1.807, 2.05) is 0 Å². The van der Waals surface area contributed by atoms with E-state index in [1.165, 1.54) is 24.3 Å². The van der Waals surface area contributed by atoms with Gasteiger partial charge in [0.25, 0.3) is 0 Å². The average molecular weight is 584 g/mol. The molecule has 40 heavy (non-hydrogen) atoms. The van der Waals surface area contributed by atoms with Crippen LogP contribution in [0.5, 0.6) is 0 Å². The highest BCUT2D eigenvalue weighted by Gasteiger charge is 2.45. The van der Waals surface area contributed by atoms with Crippen molar-refractivity contribution >= 4 is 22.4 Å². The summed E-state index contributed by atoms with van der Waals surface area (Å²) in [5.74, 6) is -3.83. The van der Waals surface area contributed by atoms with Gasteiger partial charge in [-0.25, -0.2) is 21.9 Å². The molecule has 2 heterocycles. The minimum absolute atomic E-state index is 0.0764. The quantitative estimate of drug-likeness (QED) is 0.281. The van der Waals surface area contributed by atoms with E-state index in [1.54, 1.807) is 22.5 Å². The third-order valence-electron chi connectivity index (χ3n) is 8.81. The zero-order chi connectivity index (χ0) is 28.5. The first-order chi connectivity index (χ1) is 19.0. The lowest BCUT2D eigenvalue weighted by molar-refractivity contribution is -0.119. The molecule has 0 radical (unpaired) electrons. The van der Waals surface area contributed by atoms with Crippen molar-refractivity contribution in [1.82, 2.24) is 9.62 Å². The Labute approximate surface area is 234 Å². The van der Waals surface area contributed by atoms with Gasteiger partial charge in [-0.1, -0.05) is 18.2 Å². The summed E-state index contributed by atoms with van der Waals surface area (Å²) in [7, 11) is -2.89. The monoisotopic (exact) mass is 583 g/mol. The van der Waals surface area contributed by atoms with Gasteiger partial charge in [0.1, 0.15) is 11.6 Å². The zero-order valence-corrected chi connectivity index (χ0v) is 23.2. The van der Waals surface area contributed by atoms with E-state index in [0.29, 0.717) is 42.1 Å². The van der Waals surface area contributed by atoms with E-state index in [2.05, 4.69) is 10.6 Å². The molecule has 3 atom stereocenters. The molecule has 1 saturated carbocycles. The van der Waals surface area contributed by atoms with Crippen molar-refractivity contribution in [2.24, 2.45) is 0 Å². The number of benzene rings is 2. The van der Waals surface area contributed by atoms with Gasteiger partial charge >= 0.3 is 0 Å². The van der Waals surface area contributed by atoms with Crippen LogP contribution in [-0.2, 0) is 16.6 Å². The lowest BCUT2D eigenvalue weighted by Gasteiger charge is -2.49. The number of hydrogen-bond acceptors (Lipinski definition) is 5. The smallest absolute Gasteiger partial charge is 0.248 e. The van der Waals surface area contributed by atoms with E-state index < -0.39 is 39.7 Å². The van der Waals surface area contributed by atoms with Gasteiger partial charge in [0, 0.05) is 61.1 Å². The highest BCUT2D eigenvalue weighted by Crippen LogP contribution is 2.49. The zero-order valence-electron chi connectivity index (χ0n) is 22.4. The summed E-state index contributed by atoms with van der Waals surface area (Å²) < 4.78 is 80.0. The van der Waals surface area contributed by atoms with Crippen LogP contribution < -0.4 is 10.6 Å². The fourth-order valence-corrected chi connectivity index (χ4v) is 8.35. The summed E-state index contributed by atoms with van der Waals surface area (Å²) in [6.45, 7) is 1.08. The van der Waals surface area contributed by atoms with Gasteiger partial charge in [-0.05, 0) is 68.4 Å². The SMILES string of the molecule is O=C(CC1(c2ccc(F)cc2)CCC(F)(F)CC1)Nc1cccc(F)c1CCC1CNC2CCCS(O)(O)N1C2. The Hall–Kier alpha value is -2.18. The van der Waals surface area contributed by atoms with Crippen LogP contribution in [0.4, 0.5) is 23.2 Å². The van der Waals surface area contributed by atoms with Gasteiger partial charge in [0.2, 0.25) is 11.8 Å². The Morgan fingerprint density at radius 3 is 2.52 bits per heavy atom. The Morgan fingerprint density at radius 1 is 1.07 bits per heavy atom. The number of hydrogen-bond donors (Lipinski definition) is 4. The molecule has 2 aromatic carbocycles. The van der Waals surface area contributed by atoms with E-state index in [4.69, 9.17) is 0 Å². The van der Waals surface area contributed by atoms with Crippen molar-refractivity contribution in [3.63, 3.8) is 0 Å². The van der Waals surface area contributed by atoms with Crippen molar-refractivity contribution in [1.29, 1.82) is 0 Å². The molecule has 2 bridgehead atoms. The van der Waals surface area contributed by atoms with Crippen molar-refractivity contribution in [2.45, 2.75) is 81.2 Å². The third kappa shape index (κ3) is 6.49. The van der Waals surface area contributed by atoms with E-state index in [9.17, 15) is 27.1 Å². The normalized spacial score (nSPS) is 27.8. The van der Waals surface area contributed by atoms with Crippen LogP contribution in [0, 0.1) is 11.6 Å². The molecular formula is C29H37F4N3O3S. The first-order valence-corrected chi connectivity index (χ1v) is 15.6. The van der Waals surface area contributed by atoms with Crippen LogP contribution in [0.3, 0.4) is 0 Å². The van der Waals surface area contributed by atoms with Crippen molar-refractivity contribution in [3.05, 3.63) is 65.2 Å². The molecule has 1 amide bonds. The van der Waals surface area contributed by atoms with Gasteiger partial charge in [-0.2, -0.15) is 0 Å². The maximum atomic E-state index is 15.1. The number of fused-ring (bicyclic) bond motifs is 2. The minimum Gasteiger partial charge on any atom is -0.326 e. The molecular weight excluding hydrogens is 546 g/mol. The number of carbonyl (C=O) groups is 1. The maximum absolute atomic E-state index is 15.1. The molecule has 0 aromatic heterocycles. The summed E-state index contributed by atoms with van der Waals surface area (Å²) in [5.41, 5.74) is 0.386. The lowest BCUT2D eigenvalue weighted by atomic mass is 9.66. The Balaban J connectivity index is 1.31. The predicted octanol–water partition coefficient (Wildman–Crippen LogP) is 6.48. The van der Waals surface area contributed by atoms with E-state index in [-0.39, 0.29) is 50.6 Å². The third-order valence-corrected chi connectivity index (χ3v) is 10.8. The van der Waals surface area contributed by atoms with Crippen LogP contribution in [-0.4, -0.2) is 56.2 Å². The largest absolute Gasteiger partial charge is 0.326 e. The van der Waals surface area contributed by atoms with E-state index in [0.717, 1.165) is 12.8 Å². The van der Waals surface area contributed by atoms with Crippen LogP contribution in [0.25, 0.3) is 0 Å². The Bertz CT molecular complexity index is 1200. The maximum Gasteiger partial charge on any atom is 0.248 e. The first-order valence-electron chi connectivity index (χ1n) is 13.9. The molecule has 3 aliphatic rings. The number of halogens is 4. The summed E-state index contributed by atoms with van der Waals surface area (Å²) in [4.78, 5) is 13.3. The number of piperazine rings is 1. The second-order valence-electron chi connectivity index (χ2n) is 11.5. The topological polar surface area (TPSA) is 84.8 Å². The molecule has 1 aliphatic carbocycles. The summed E-state index contributed by atoms with van der Waals surface area (Å²) in [5, 5.41) is 6.28.